The van der Waals surface area contributed by atoms with Gasteiger partial charge in [-0.15, -0.1) is 0 Å². The number of nitro groups is 1. The lowest BCUT2D eigenvalue weighted by molar-refractivity contribution is -0.385. The van der Waals surface area contributed by atoms with Crippen molar-refractivity contribution in [3.05, 3.63) is 39.4 Å². The van der Waals surface area contributed by atoms with E-state index in [1.807, 2.05) is 0 Å². The summed E-state index contributed by atoms with van der Waals surface area (Å²) in [5, 5.41) is 20.6. The molecule has 0 spiro atoms. The highest BCUT2D eigenvalue weighted by Gasteiger charge is 2.49. The summed E-state index contributed by atoms with van der Waals surface area (Å²) < 4.78 is 38.3. The number of carbonyl (C=O) groups excluding carboxylic acids is 1. The van der Waals surface area contributed by atoms with Crippen LogP contribution >= 0.6 is 0 Å². The Morgan fingerprint density at radius 3 is 2.38 bits per heavy atom. The number of alkyl halides is 3. The van der Waals surface area contributed by atoms with Gasteiger partial charge in [0.1, 0.15) is 5.56 Å². The molecule has 1 aromatic rings. The van der Waals surface area contributed by atoms with Crippen LogP contribution in [-0.2, 0) is 11.0 Å². The molecule has 0 aromatic heterocycles. The van der Waals surface area contributed by atoms with Gasteiger partial charge in [-0.25, -0.2) is 0 Å². The molecule has 1 heterocycles. The SMILES string of the molecule is CC(C)C1(C(=O)O)CCN(C(=O)c2ccc(C(F)(F)F)cc2[N+](=O)[O-])C1. The molecule has 0 aliphatic carbocycles. The number of likely N-dealkylation sites (tertiary alicyclic amines) is 1. The van der Waals surface area contributed by atoms with Crippen molar-refractivity contribution < 1.29 is 32.8 Å². The predicted octanol–water partition coefficient (Wildman–Crippen LogP) is 3.19. The number of hydrogen-bond donors (Lipinski definition) is 1. The smallest absolute Gasteiger partial charge is 0.416 e. The van der Waals surface area contributed by atoms with Gasteiger partial charge < -0.3 is 10.0 Å². The molecule has 10 heteroatoms. The molecular formula is C16H17F3N2O5. The van der Waals surface area contributed by atoms with Gasteiger partial charge in [-0.1, -0.05) is 13.8 Å². The maximum atomic E-state index is 12.8. The lowest BCUT2D eigenvalue weighted by Crippen LogP contribution is -2.40. The largest absolute Gasteiger partial charge is 0.481 e. The van der Waals surface area contributed by atoms with Crippen LogP contribution in [0.1, 0.15) is 36.2 Å². The summed E-state index contributed by atoms with van der Waals surface area (Å²) in [6.45, 7) is 3.30. The summed E-state index contributed by atoms with van der Waals surface area (Å²) in [6, 6.07) is 1.68. The van der Waals surface area contributed by atoms with Gasteiger partial charge in [0.15, 0.2) is 0 Å². The van der Waals surface area contributed by atoms with Crippen molar-refractivity contribution in [1.82, 2.24) is 4.90 Å². The Labute approximate surface area is 146 Å². The highest BCUT2D eigenvalue weighted by atomic mass is 19.4. The quantitative estimate of drug-likeness (QED) is 0.644. The topological polar surface area (TPSA) is 101 Å². The number of amides is 1. The molecule has 26 heavy (non-hydrogen) atoms. The zero-order chi connectivity index (χ0) is 19.9. The Kier molecular flexibility index (Phi) is 4.98. The highest BCUT2D eigenvalue weighted by Crippen LogP contribution is 2.40. The molecule has 1 unspecified atom stereocenters. The summed E-state index contributed by atoms with van der Waals surface area (Å²) in [4.78, 5) is 35.5. The lowest BCUT2D eigenvalue weighted by Gasteiger charge is -2.28. The third kappa shape index (κ3) is 3.35. The average Bonchev–Trinajstić information content (AvgIpc) is 2.99. The van der Waals surface area contributed by atoms with Gasteiger partial charge in [-0.3, -0.25) is 19.7 Å². The van der Waals surface area contributed by atoms with Gasteiger partial charge in [0.25, 0.3) is 11.6 Å². The van der Waals surface area contributed by atoms with E-state index in [4.69, 9.17) is 0 Å². The van der Waals surface area contributed by atoms with Crippen LogP contribution in [-0.4, -0.2) is 39.9 Å². The fourth-order valence-electron chi connectivity index (χ4n) is 3.11. The van der Waals surface area contributed by atoms with Crippen LogP contribution < -0.4 is 0 Å². The number of carboxylic acids is 1. The number of carbonyl (C=O) groups is 2. The fraction of sp³-hybridized carbons (Fsp3) is 0.500. The number of halogens is 3. The van der Waals surface area contributed by atoms with Crippen molar-refractivity contribution >= 4 is 17.6 Å². The standard InChI is InChI=1S/C16H17F3N2O5/c1-9(2)15(14(23)24)5-6-20(8-15)13(22)11-4-3-10(16(17,18)19)7-12(11)21(25)26/h3-4,7,9H,5-6,8H2,1-2H3,(H,23,24). The van der Waals surface area contributed by atoms with E-state index in [-0.39, 0.29) is 25.4 Å². The van der Waals surface area contributed by atoms with Crippen LogP contribution in [0.2, 0.25) is 0 Å². The van der Waals surface area contributed by atoms with Crippen molar-refractivity contribution in [3.63, 3.8) is 0 Å². The zero-order valence-electron chi connectivity index (χ0n) is 14.0. The van der Waals surface area contributed by atoms with Crippen LogP contribution in [0.5, 0.6) is 0 Å². The van der Waals surface area contributed by atoms with E-state index in [9.17, 15) is 38.0 Å². The van der Waals surface area contributed by atoms with E-state index >= 15 is 0 Å². The number of nitrogens with zero attached hydrogens (tertiary/aromatic N) is 2. The number of aliphatic carboxylic acids is 1. The first kappa shape index (κ1) is 19.7. The van der Waals surface area contributed by atoms with Crippen LogP contribution in [0.4, 0.5) is 18.9 Å². The van der Waals surface area contributed by atoms with Crippen molar-refractivity contribution in [3.8, 4) is 0 Å². The minimum Gasteiger partial charge on any atom is -0.481 e. The first-order valence-electron chi connectivity index (χ1n) is 7.78. The monoisotopic (exact) mass is 374 g/mol. The number of benzene rings is 1. The van der Waals surface area contributed by atoms with E-state index < -0.39 is 45.2 Å². The molecule has 1 aliphatic rings. The summed E-state index contributed by atoms with van der Waals surface area (Å²) in [7, 11) is 0. The normalized spacial score (nSPS) is 20.5. The maximum Gasteiger partial charge on any atom is 0.416 e. The number of carboxylic acid groups (broad SMARTS) is 1. The first-order valence-corrected chi connectivity index (χ1v) is 7.78. The Morgan fingerprint density at radius 1 is 1.35 bits per heavy atom. The van der Waals surface area contributed by atoms with Crippen LogP contribution in [0, 0.1) is 21.4 Å². The minimum atomic E-state index is -4.78. The van der Waals surface area contributed by atoms with E-state index in [0.29, 0.717) is 12.1 Å². The van der Waals surface area contributed by atoms with E-state index in [1.54, 1.807) is 13.8 Å². The summed E-state index contributed by atoms with van der Waals surface area (Å²) in [5.41, 5.74) is -3.87. The average molecular weight is 374 g/mol. The Bertz CT molecular complexity index is 763. The molecular weight excluding hydrogens is 357 g/mol. The Balaban J connectivity index is 2.39. The zero-order valence-corrected chi connectivity index (χ0v) is 14.0. The van der Waals surface area contributed by atoms with Crippen molar-refractivity contribution in [2.24, 2.45) is 11.3 Å². The predicted molar refractivity (Wildman–Crippen MR) is 83.5 cm³/mol. The number of nitro benzene ring substituents is 1. The van der Waals surface area contributed by atoms with Crippen LogP contribution in [0.25, 0.3) is 0 Å². The molecule has 7 nitrogen and oxygen atoms in total. The van der Waals surface area contributed by atoms with Crippen LogP contribution in [0.3, 0.4) is 0 Å². The summed E-state index contributed by atoms with van der Waals surface area (Å²) in [6.07, 6.45) is -4.61. The molecule has 1 atom stereocenters. The van der Waals surface area contributed by atoms with Gasteiger partial charge in [0, 0.05) is 19.2 Å². The van der Waals surface area contributed by atoms with Gasteiger partial charge in [0.05, 0.1) is 15.9 Å². The molecule has 1 fully saturated rings. The molecule has 1 aromatic carbocycles. The maximum absolute atomic E-state index is 12.8. The third-order valence-corrected chi connectivity index (χ3v) is 4.87. The second-order valence-corrected chi connectivity index (χ2v) is 6.58. The van der Waals surface area contributed by atoms with Gasteiger partial charge >= 0.3 is 12.1 Å². The molecule has 1 amide bonds. The van der Waals surface area contributed by atoms with Gasteiger partial charge in [-0.2, -0.15) is 13.2 Å². The molecule has 2 rings (SSSR count). The van der Waals surface area contributed by atoms with E-state index in [1.165, 1.54) is 0 Å². The molecule has 1 saturated heterocycles. The van der Waals surface area contributed by atoms with E-state index in [0.717, 1.165) is 11.0 Å². The molecule has 0 radical (unpaired) electrons. The number of rotatable bonds is 4. The molecule has 1 N–H and O–H groups in total. The molecule has 142 valence electrons. The van der Waals surface area contributed by atoms with E-state index in [2.05, 4.69) is 0 Å². The molecule has 0 bridgehead atoms. The number of hydrogen-bond acceptors (Lipinski definition) is 4. The Hall–Kier alpha value is -2.65. The van der Waals surface area contributed by atoms with Gasteiger partial charge in [-0.05, 0) is 24.5 Å². The van der Waals surface area contributed by atoms with Gasteiger partial charge in [0.2, 0.25) is 0 Å². The van der Waals surface area contributed by atoms with Crippen LogP contribution in [0.15, 0.2) is 18.2 Å². The van der Waals surface area contributed by atoms with Crippen molar-refractivity contribution in [2.75, 3.05) is 13.1 Å². The summed E-state index contributed by atoms with van der Waals surface area (Å²) in [5.74, 6) is -2.22. The molecule has 1 aliphatic heterocycles. The Morgan fingerprint density at radius 2 is 1.96 bits per heavy atom. The highest BCUT2D eigenvalue weighted by molar-refractivity contribution is 5.99. The fourth-order valence-corrected chi connectivity index (χ4v) is 3.11. The second kappa shape index (κ2) is 6.58. The minimum absolute atomic E-state index is 0.0570. The van der Waals surface area contributed by atoms with Crippen molar-refractivity contribution in [2.45, 2.75) is 26.4 Å². The molecule has 0 saturated carbocycles. The lowest BCUT2D eigenvalue weighted by atomic mass is 9.76. The van der Waals surface area contributed by atoms with Crippen molar-refractivity contribution in [1.29, 1.82) is 0 Å². The first-order chi connectivity index (χ1) is 11.9. The summed E-state index contributed by atoms with van der Waals surface area (Å²) >= 11 is 0. The second-order valence-electron chi connectivity index (χ2n) is 6.58. The third-order valence-electron chi connectivity index (χ3n) is 4.87.